The lowest BCUT2D eigenvalue weighted by Gasteiger charge is -2.17. The second-order valence-electron chi connectivity index (χ2n) is 4.16. The van der Waals surface area contributed by atoms with Crippen LogP contribution in [0.5, 0.6) is 0 Å². The van der Waals surface area contributed by atoms with Crippen molar-refractivity contribution < 1.29 is 14.6 Å². The number of carbonyl (C=O) groups excluding carboxylic acids is 1. The summed E-state index contributed by atoms with van der Waals surface area (Å²) in [6.45, 7) is 4.13. The van der Waals surface area contributed by atoms with Crippen LogP contribution in [-0.2, 0) is 9.53 Å². The van der Waals surface area contributed by atoms with E-state index < -0.39 is 0 Å². The molecule has 0 bridgehead atoms. The van der Waals surface area contributed by atoms with Gasteiger partial charge in [-0.25, -0.2) is 0 Å². The standard InChI is InChI=1S/C12H24O3/c1-4-5-6-7-11(13)10(2)8-9-12(14)15-3/h10-11,13H,4-9H2,1-3H3/t10-,11+/m0/s1. The molecule has 0 aromatic rings. The molecule has 0 rings (SSSR count). The van der Waals surface area contributed by atoms with Crippen LogP contribution < -0.4 is 0 Å². The van der Waals surface area contributed by atoms with Crippen molar-refractivity contribution in [2.24, 2.45) is 5.92 Å². The number of carbonyl (C=O) groups is 1. The fraction of sp³-hybridized carbons (Fsp3) is 0.917. The monoisotopic (exact) mass is 216 g/mol. The number of unbranched alkanes of at least 4 members (excludes halogenated alkanes) is 2. The Kier molecular flexibility index (Phi) is 8.38. The third-order valence-electron chi connectivity index (χ3n) is 2.79. The van der Waals surface area contributed by atoms with Gasteiger partial charge in [0.1, 0.15) is 0 Å². The van der Waals surface area contributed by atoms with Gasteiger partial charge in [0.15, 0.2) is 0 Å². The van der Waals surface area contributed by atoms with Gasteiger partial charge in [0.25, 0.3) is 0 Å². The normalized spacial score (nSPS) is 14.7. The van der Waals surface area contributed by atoms with Gasteiger partial charge in [0.05, 0.1) is 13.2 Å². The molecule has 0 saturated carbocycles. The van der Waals surface area contributed by atoms with Gasteiger partial charge in [-0.05, 0) is 18.8 Å². The van der Waals surface area contributed by atoms with Crippen molar-refractivity contribution >= 4 is 5.97 Å². The van der Waals surface area contributed by atoms with Gasteiger partial charge in [0, 0.05) is 6.42 Å². The van der Waals surface area contributed by atoms with E-state index in [-0.39, 0.29) is 18.0 Å². The number of aliphatic hydroxyl groups is 1. The van der Waals surface area contributed by atoms with E-state index in [1.165, 1.54) is 20.0 Å². The molecule has 0 spiro atoms. The van der Waals surface area contributed by atoms with Crippen LogP contribution in [0.25, 0.3) is 0 Å². The molecule has 0 aliphatic carbocycles. The summed E-state index contributed by atoms with van der Waals surface area (Å²) < 4.78 is 4.56. The molecule has 0 radical (unpaired) electrons. The molecule has 0 aliphatic rings. The summed E-state index contributed by atoms with van der Waals surface area (Å²) in [6, 6.07) is 0. The van der Waals surface area contributed by atoms with Crippen molar-refractivity contribution in [3.8, 4) is 0 Å². The Labute approximate surface area is 92.8 Å². The maximum absolute atomic E-state index is 10.9. The molecule has 0 aromatic heterocycles. The summed E-state index contributed by atoms with van der Waals surface area (Å²) >= 11 is 0. The minimum atomic E-state index is -0.277. The molecule has 1 N–H and O–H groups in total. The second kappa shape index (κ2) is 8.72. The first-order valence-electron chi connectivity index (χ1n) is 5.86. The summed E-state index contributed by atoms with van der Waals surface area (Å²) in [4.78, 5) is 10.9. The number of hydrogen-bond donors (Lipinski definition) is 1. The number of esters is 1. The Morgan fingerprint density at radius 3 is 2.53 bits per heavy atom. The summed E-state index contributed by atoms with van der Waals surface area (Å²) in [6.07, 6.45) is 5.09. The van der Waals surface area contributed by atoms with Crippen LogP contribution >= 0.6 is 0 Å². The molecule has 90 valence electrons. The first kappa shape index (κ1) is 14.4. The zero-order chi connectivity index (χ0) is 11.7. The SMILES string of the molecule is CCCCC[C@@H](O)[C@@H](C)CCC(=O)OC. The summed E-state index contributed by atoms with van der Waals surface area (Å²) in [5.74, 6) is -0.0106. The van der Waals surface area contributed by atoms with E-state index in [9.17, 15) is 9.90 Å². The average molecular weight is 216 g/mol. The van der Waals surface area contributed by atoms with Crippen LogP contribution in [0.4, 0.5) is 0 Å². The van der Waals surface area contributed by atoms with E-state index in [1.54, 1.807) is 0 Å². The van der Waals surface area contributed by atoms with E-state index in [2.05, 4.69) is 11.7 Å². The quantitative estimate of drug-likeness (QED) is 0.501. The Morgan fingerprint density at radius 2 is 2.00 bits per heavy atom. The lowest BCUT2D eigenvalue weighted by atomic mass is 9.95. The number of aliphatic hydroxyl groups excluding tert-OH is 1. The highest BCUT2D eigenvalue weighted by Gasteiger charge is 2.15. The molecule has 0 heterocycles. The molecular formula is C12H24O3. The highest BCUT2D eigenvalue weighted by Crippen LogP contribution is 2.16. The van der Waals surface area contributed by atoms with Crippen molar-refractivity contribution in [1.82, 2.24) is 0 Å². The molecule has 0 saturated heterocycles. The highest BCUT2D eigenvalue weighted by atomic mass is 16.5. The number of methoxy groups -OCH3 is 1. The molecule has 0 aliphatic heterocycles. The largest absolute Gasteiger partial charge is 0.469 e. The van der Waals surface area contributed by atoms with Gasteiger partial charge in [-0.1, -0.05) is 33.1 Å². The van der Waals surface area contributed by atoms with Gasteiger partial charge in [-0.2, -0.15) is 0 Å². The molecule has 2 atom stereocenters. The Bertz CT molecular complexity index is 168. The zero-order valence-corrected chi connectivity index (χ0v) is 10.2. The Morgan fingerprint density at radius 1 is 1.33 bits per heavy atom. The van der Waals surface area contributed by atoms with Crippen molar-refractivity contribution in [1.29, 1.82) is 0 Å². The molecule has 3 nitrogen and oxygen atoms in total. The highest BCUT2D eigenvalue weighted by molar-refractivity contribution is 5.69. The predicted molar refractivity (Wildman–Crippen MR) is 60.6 cm³/mol. The lowest BCUT2D eigenvalue weighted by molar-refractivity contribution is -0.141. The number of hydrogen-bond acceptors (Lipinski definition) is 3. The lowest BCUT2D eigenvalue weighted by Crippen LogP contribution is -2.18. The maximum atomic E-state index is 10.9. The fourth-order valence-electron chi connectivity index (χ4n) is 1.53. The minimum absolute atomic E-state index is 0.181. The van der Waals surface area contributed by atoms with Gasteiger partial charge >= 0.3 is 5.97 Å². The van der Waals surface area contributed by atoms with Crippen LogP contribution in [0, 0.1) is 5.92 Å². The smallest absolute Gasteiger partial charge is 0.305 e. The summed E-state index contributed by atoms with van der Waals surface area (Å²) in [5.41, 5.74) is 0. The topological polar surface area (TPSA) is 46.5 Å². The molecule has 0 amide bonds. The van der Waals surface area contributed by atoms with Crippen LogP contribution in [0.15, 0.2) is 0 Å². The molecule has 15 heavy (non-hydrogen) atoms. The fourth-order valence-corrected chi connectivity index (χ4v) is 1.53. The maximum Gasteiger partial charge on any atom is 0.305 e. The van der Waals surface area contributed by atoms with E-state index in [0.29, 0.717) is 12.8 Å². The van der Waals surface area contributed by atoms with Crippen LogP contribution in [0.3, 0.4) is 0 Å². The predicted octanol–water partition coefficient (Wildman–Crippen LogP) is 2.52. The Hall–Kier alpha value is -0.570. The third-order valence-corrected chi connectivity index (χ3v) is 2.79. The van der Waals surface area contributed by atoms with E-state index >= 15 is 0 Å². The van der Waals surface area contributed by atoms with Crippen LogP contribution in [0.2, 0.25) is 0 Å². The first-order valence-corrected chi connectivity index (χ1v) is 5.86. The van der Waals surface area contributed by atoms with Crippen molar-refractivity contribution in [3.05, 3.63) is 0 Å². The molecule has 3 heteroatoms. The third kappa shape index (κ3) is 7.37. The van der Waals surface area contributed by atoms with Crippen molar-refractivity contribution in [3.63, 3.8) is 0 Å². The van der Waals surface area contributed by atoms with E-state index in [0.717, 1.165) is 12.8 Å². The van der Waals surface area contributed by atoms with Gasteiger partial charge < -0.3 is 9.84 Å². The molecular weight excluding hydrogens is 192 g/mol. The number of rotatable bonds is 8. The van der Waals surface area contributed by atoms with Crippen molar-refractivity contribution in [2.45, 2.75) is 58.5 Å². The van der Waals surface area contributed by atoms with Crippen molar-refractivity contribution in [2.75, 3.05) is 7.11 Å². The Balaban J connectivity index is 3.59. The van der Waals surface area contributed by atoms with Gasteiger partial charge in [-0.3, -0.25) is 4.79 Å². The molecule has 0 unspecified atom stereocenters. The van der Waals surface area contributed by atoms with Gasteiger partial charge in [0.2, 0.25) is 0 Å². The second-order valence-corrected chi connectivity index (χ2v) is 4.16. The van der Waals surface area contributed by atoms with Gasteiger partial charge in [-0.15, -0.1) is 0 Å². The first-order chi connectivity index (χ1) is 7.11. The van der Waals surface area contributed by atoms with Crippen LogP contribution in [-0.4, -0.2) is 24.3 Å². The minimum Gasteiger partial charge on any atom is -0.469 e. The van der Waals surface area contributed by atoms with Crippen LogP contribution in [0.1, 0.15) is 52.4 Å². The molecule has 0 fully saturated rings. The average Bonchev–Trinajstić information content (AvgIpc) is 2.25. The summed E-state index contributed by atoms with van der Waals surface area (Å²) in [7, 11) is 1.39. The molecule has 0 aromatic carbocycles. The number of ether oxygens (including phenoxy) is 1. The summed E-state index contributed by atoms with van der Waals surface area (Å²) in [5, 5.41) is 9.78. The van der Waals surface area contributed by atoms with E-state index in [4.69, 9.17) is 0 Å². The zero-order valence-electron chi connectivity index (χ0n) is 10.2. The van der Waals surface area contributed by atoms with E-state index in [1.807, 2.05) is 6.92 Å².